The molecule has 0 saturated carbocycles. The molecule has 3 heterocycles. The summed E-state index contributed by atoms with van der Waals surface area (Å²) >= 11 is 1.87. The molecule has 0 amide bonds. The maximum Gasteiger partial charge on any atom is 0.227 e. The summed E-state index contributed by atoms with van der Waals surface area (Å²) in [6.45, 7) is 0. The highest BCUT2D eigenvalue weighted by Crippen LogP contribution is 2.43. The first kappa shape index (κ1) is 34.3. The molecule has 3 aromatic heterocycles. The van der Waals surface area contributed by atoms with Crippen molar-refractivity contribution in [1.82, 2.24) is 4.98 Å². The lowest BCUT2D eigenvalue weighted by Gasteiger charge is -2.26. The molecule has 9 aromatic carbocycles. The molecule has 4 nitrogen and oxygen atoms in total. The Bertz CT molecular complexity index is 3530. The van der Waals surface area contributed by atoms with Gasteiger partial charge in [-0.3, -0.25) is 0 Å². The third-order valence-electron chi connectivity index (χ3n) is 11.5. The minimum atomic E-state index is 0.598. The van der Waals surface area contributed by atoms with E-state index in [1.165, 1.54) is 42.4 Å². The van der Waals surface area contributed by atoms with Crippen LogP contribution in [0.3, 0.4) is 0 Å². The molecule has 0 fully saturated rings. The summed E-state index contributed by atoms with van der Waals surface area (Å²) < 4.78 is 15.2. The van der Waals surface area contributed by atoms with Gasteiger partial charge in [-0.1, -0.05) is 127 Å². The Balaban J connectivity index is 0.939. The lowest BCUT2D eigenvalue weighted by Crippen LogP contribution is -2.10. The molecule has 0 aliphatic rings. The van der Waals surface area contributed by atoms with E-state index in [1.54, 1.807) is 0 Å². The number of hydrogen-bond acceptors (Lipinski definition) is 5. The van der Waals surface area contributed by atoms with E-state index in [1.807, 2.05) is 53.8 Å². The Morgan fingerprint density at radius 3 is 1.78 bits per heavy atom. The smallest absolute Gasteiger partial charge is 0.227 e. The van der Waals surface area contributed by atoms with Gasteiger partial charge in [-0.15, -0.1) is 11.3 Å². The predicted octanol–water partition coefficient (Wildman–Crippen LogP) is 16.2. The van der Waals surface area contributed by atoms with Crippen molar-refractivity contribution in [2.75, 3.05) is 4.90 Å². The number of aromatic nitrogens is 1. The van der Waals surface area contributed by atoms with Gasteiger partial charge in [0.15, 0.2) is 5.58 Å². The second-order valence-electron chi connectivity index (χ2n) is 15.1. The van der Waals surface area contributed by atoms with Crippen LogP contribution in [-0.2, 0) is 0 Å². The van der Waals surface area contributed by atoms with Crippen LogP contribution >= 0.6 is 11.3 Å². The molecular weight excluding hydrogens is 753 g/mol. The minimum Gasteiger partial charge on any atom is -0.456 e. The molecule has 0 unspecified atom stereocenters. The molecule has 12 aromatic rings. The Morgan fingerprint density at radius 2 is 0.983 bits per heavy atom. The van der Waals surface area contributed by atoms with Crippen molar-refractivity contribution in [3.05, 3.63) is 206 Å². The number of thiophene rings is 1. The fourth-order valence-corrected chi connectivity index (χ4v) is 9.85. The lowest BCUT2D eigenvalue weighted by molar-refractivity contribution is 0.619. The molecular formula is C55H34N2O2S. The summed E-state index contributed by atoms with van der Waals surface area (Å²) in [7, 11) is 0. The maximum absolute atomic E-state index is 6.34. The van der Waals surface area contributed by atoms with Gasteiger partial charge in [0.2, 0.25) is 5.89 Å². The van der Waals surface area contributed by atoms with Gasteiger partial charge in [0.25, 0.3) is 0 Å². The van der Waals surface area contributed by atoms with Crippen molar-refractivity contribution < 1.29 is 8.83 Å². The van der Waals surface area contributed by atoms with Gasteiger partial charge in [0, 0.05) is 48.2 Å². The van der Waals surface area contributed by atoms with Crippen molar-refractivity contribution in [3.63, 3.8) is 0 Å². The molecule has 0 radical (unpaired) electrons. The molecule has 12 rings (SSSR count). The molecule has 5 heteroatoms. The molecule has 0 saturated heterocycles. The van der Waals surface area contributed by atoms with Gasteiger partial charge in [-0.05, 0) is 112 Å². The van der Waals surface area contributed by atoms with Crippen LogP contribution < -0.4 is 4.90 Å². The SMILES string of the molecule is c1ccc(-c2cccc(N(c3ccc(-c4ccc5oc6ccc7oc(-c8ccccc8)nc7c6c5c4)cc3)c3ccc(-c4cccc5c4sc4ccccc45)cc3)c2)cc1. The Kier molecular flexibility index (Phi) is 8.00. The van der Waals surface area contributed by atoms with Crippen LogP contribution in [0, 0.1) is 0 Å². The summed E-state index contributed by atoms with van der Waals surface area (Å²) in [5, 5.41) is 4.59. The summed E-state index contributed by atoms with van der Waals surface area (Å²) in [4.78, 5) is 7.31. The standard InChI is InChI=1S/C55H34N2O2S/c1-3-11-35(12-4-1)39-15-9-16-43(33-39)57(42-28-23-37(24-29-42)44-18-10-19-46-45-17-7-8-20-51(45)60-54(44)46)41-26-21-36(22-27-41)40-25-30-48-47(34-40)52-49(58-48)31-32-50-53(52)56-55(59-50)38-13-5-2-6-14-38/h1-34H. The first-order valence-electron chi connectivity index (χ1n) is 20.1. The van der Waals surface area contributed by atoms with E-state index in [-0.39, 0.29) is 0 Å². The van der Waals surface area contributed by atoms with Crippen LogP contribution in [0.4, 0.5) is 17.1 Å². The van der Waals surface area contributed by atoms with Crippen LogP contribution in [-0.4, -0.2) is 4.98 Å². The van der Waals surface area contributed by atoms with Crippen LogP contribution in [0.1, 0.15) is 0 Å². The zero-order chi connectivity index (χ0) is 39.6. The topological polar surface area (TPSA) is 42.4 Å². The Hall–Kier alpha value is -7.73. The number of benzene rings is 9. The fourth-order valence-electron chi connectivity index (χ4n) is 8.61. The number of furan rings is 1. The van der Waals surface area contributed by atoms with Gasteiger partial charge >= 0.3 is 0 Å². The van der Waals surface area contributed by atoms with E-state index in [4.69, 9.17) is 13.8 Å². The number of rotatable bonds is 7. The minimum absolute atomic E-state index is 0.598. The van der Waals surface area contributed by atoms with Gasteiger partial charge < -0.3 is 13.7 Å². The van der Waals surface area contributed by atoms with Gasteiger partial charge in [0.1, 0.15) is 16.7 Å². The van der Waals surface area contributed by atoms with Crippen molar-refractivity contribution in [2.45, 2.75) is 0 Å². The van der Waals surface area contributed by atoms with Crippen molar-refractivity contribution >= 4 is 81.6 Å². The summed E-state index contributed by atoms with van der Waals surface area (Å²) in [5.74, 6) is 0.598. The summed E-state index contributed by atoms with van der Waals surface area (Å²) in [6, 6.07) is 72.9. The second-order valence-corrected chi connectivity index (χ2v) is 16.2. The predicted molar refractivity (Wildman–Crippen MR) is 251 cm³/mol. The van der Waals surface area contributed by atoms with Crippen LogP contribution in [0.25, 0.3) is 98.0 Å². The zero-order valence-electron chi connectivity index (χ0n) is 32.2. The van der Waals surface area contributed by atoms with E-state index >= 15 is 0 Å². The normalized spacial score (nSPS) is 11.7. The van der Waals surface area contributed by atoms with E-state index in [2.05, 4.69) is 169 Å². The van der Waals surface area contributed by atoms with Crippen LogP contribution in [0.15, 0.2) is 215 Å². The lowest BCUT2D eigenvalue weighted by atomic mass is 10.0. The third-order valence-corrected chi connectivity index (χ3v) is 12.7. The van der Waals surface area contributed by atoms with Crippen molar-refractivity contribution in [2.24, 2.45) is 0 Å². The summed E-state index contributed by atoms with van der Waals surface area (Å²) in [6.07, 6.45) is 0. The first-order chi connectivity index (χ1) is 29.7. The Labute approximate surface area is 349 Å². The molecule has 60 heavy (non-hydrogen) atoms. The molecule has 0 N–H and O–H groups in total. The highest BCUT2D eigenvalue weighted by molar-refractivity contribution is 7.26. The van der Waals surface area contributed by atoms with E-state index in [0.717, 1.165) is 66.8 Å². The molecule has 0 aliphatic carbocycles. The zero-order valence-corrected chi connectivity index (χ0v) is 33.1. The number of oxazole rings is 1. The molecule has 0 atom stereocenters. The average Bonchev–Trinajstić information content (AvgIpc) is 4.04. The molecule has 0 bridgehead atoms. The summed E-state index contributed by atoms with van der Waals surface area (Å²) in [5.41, 5.74) is 14.3. The number of fused-ring (bicyclic) bond motifs is 8. The number of anilines is 3. The highest BCUT2D eigenvalue weighted by Gasteiger charge is 2.19. The van der Waals surface area contributed by atoms with Gasteiger partial charge in [0.05, 0.1) is 5.39 Å². The Morgan fingerprint density at radius 1 is 0.383 bits per heavy atom. The van der Waals surface area contributed by atoms with E-state index in [9.17, 15) is 0 Å². The van der Waals surface area contributed by atoms with Crippen molar-refractivity contribution in [1.29, 1.82) is 0 Å². The fraction of sp³-hybridized carbons (Fsp3) is 0. The second kappa shape index (κ2) is 14.0. The third kappa shape index (κ3) is 5.78. The quantitative estimate of drug-likeness (QED) is 0.161. The first-order valence-corrected chi connectivity index (χ1v) is 20.9. The average molecular weight is 787 g/mol. The van der Waals surface area contributed by atoms with Crippen LogP contribution in [0.2, 0.25) is 0 Å². The van der Waals surface area contributed by atoms with Crippen LogP contribution in [0.5, 0.6) is 0 Å². The molecule has 0 spiro atoms. The van der Waals surface area contributed by atoms with Gasteiger partial charge in [-0.2, -0.15) is 0 Å². The van der Waals surface area contributed by atoms with Crippen molar-refractivity contribution in [3.8, 4) is 44.8 Å². The molecule has 282 valence electrons. The maximum atomic E-state index is 6.34. The largest absolute Gasteiger partial charge is 0.456 e. The number of hydrogen-bond donors (Lipinski definition) is 0. The van der Waals surface area contributed by atoms with Gasteiger partial charge in [-0.25, -0.2) is 4.98 Å². The number of nitrogens with zero attached hydrogens (tertiary/aromatic N) is 2. The monoisotopic (exact) mass is 786 g/mol. The van der Waals surface area contributed by atoms with E-state index < -0.39 is 0 Å². The van der Waals surface area contributed by atoms with E-state index in [0.29, 0.717) is 5.89 Å². The highest BCUT2D eigenvalue weighted by atomic mass is 32.1. The molecule has 0 aliphatic heterocycles.